The number of nitrogens with two attached hydrogens (primary N) is 1. The summed E-state index contributed by atoms with van der Waals surface area (Å²) in [5, 5.41) is 0. The van der Waals surface area contributed by atoms with Crippen LogP contribution in [-0.4, -0.2) is 0 Å². The molecule has 2 rings (SSSR count). The van der Waals surface area contributed by atoms with E-state index in [0.29, 0.717) is 6.54 Å². The van der Waals surface area contributed by atoms with Crippen LogP contribution in [0.25, 0.3) is 10.4 Å². The third-order valence-electron chi connectivity index (χ3n) is 2.54. The Labute approximate surface area is 107 Å². The molecule has 0 bridgehead atoms. The van der Waals surface area contributed by atoms with Crippen LogP contribution in [0.2, 0.25) is 0 Å². The zero-order valence-electron chi connectivity index (χ0n) is 9.49. The minimum absolute atomic E-state index is 0. The van der Waals surface area contributed by atoms with Gasteiger partial charge in [-0.2, -0.15) is 0 Å². The highest BCUT2D eigenvalue weighted by molar-refractivity contribution is 7.15. The molecule has 0 saturated heterocycles. The van der Waals surface area contributed by atoms with Gasteiger partial charge in [0.15, 0.2) is 0 Å². The maximum absolute atomic E-state index is 5.66. The van der Waals surface area contributed by atoms with Crippen LogP contribution in [0.5, 0.6) is 0 Å². The molecule has 1 heterocycles. The van der Waals surface area contributed by atoms with Gasteiger partial charge in [0.2, 0.25) is 0 Å². The topological polar surface area (TPSA) is 26.0 Å². The molecule has 1 aromatic heterocycles. The highest BCUT2D eigenvalue weighted by Gasteiger charge is 2.04. The number of benzene rings is 1. The fourth-order valence-electron chi connectivity index (χ4n) is 1.64. The van der Waals surface area contributed by atoms with E-state index in [2.05, 4.69) is 44.2 Å². The van der Waals surface area contributed by atoms with Crippen molar-refractivity contribution < 1.29 is 0 Å². The van der Waals surface area contributed by atoms with E-state index in [9.17, 15) is 0 Å². The van der Waals surface area contributed by atoms with E-state index in [4.69, 9.17) is 5.73 Å². The minimum atomic E-state index is 0. The van der Waals surface area contributed by atoms with Gasteiger partial charge in [0.1, 0.15) is 0 Å². The molecular formula is C13H16ClNS. The lowest BCUT2D eigenvalue weighted by molar-refractivity contribution is 1.07. The molecule has 0 spiro atoms. The second-order valence-corrected chi connectivity index (χ2v) is 5.05. The monoisotopic (exact) mass is 253 g/mol. The van der Waals surface area contributed by atoms with Crippen molar-refractivity contribution in [1.29, 1.82) is 0 Å². The van der Waals surface area contributed by atoms with Crippen molar-refractivity contribution in [3.63, 3.8) is 0 Å². The van der Waals surface area contributed by atoms with Crippen molar-refractivity contribution in [1.82, 2.24) is 0 Å². The molecule has 16 heavy (non-hydrogen) atoms. The number of hydrogen-bond donors (Lipinski definition) is 1. The van der Waals surface area contributed by atoms with Gasteiger partial charge in [0.25, 0.3) is 0 Å². The molecule has 86 valence electrons. The third-order valence-corrected chi connectivity index (χ3v) is 3.58. The molecule has 0 aliphatic rings. The standard InChI is InChI=1S/C13H15NS.ClH/c1-9-3-5-11(8-14)7-12(9)13-6-4-10(2)15-13;/h3-7H,8,14H2,1-2H3;1H. The summed E-state index contributed by atoms with van der Waals surface area (Å²) in [6.45, 7) is 4.89. The minimum Gasteiger partial charge on any atom is -0.326 e. The fraction of sp³-hybridized carbons (Fsp3) is 0.231. The van der Waals surface area contributed by atoms with Crippen molar-refractivity contribution in [2.45, 2.75) is 20.4 Å². The Balaban J connectivity index is 0.00000128. The first-order valence-electron chi connectivity index (χ1n) is 5.07. The predicted molar refractivity (Wildman–Crippen MR) is 74.4 cm³/mol. The average molecular weight is 254 g/mol. The second kappa shape index (κ2) is 5.48. The largest absolute Gasteiger partial charge is 0.326 e. The molecule has 0 radical (unpaired) electrons. The van der Waals surface area contributed by atoms with E-state index >= 15 is 0 Å². The van der Waals surface area contributed by atoms with Gasteiger partial charge in [-0.15, -0.1) is 23.7 Å². The van der Waals surface area contributed by atoms with E-state index < -0.39 is 0 Å². The van der Waals surface area contributed by atoms with Gasteiger partial charge < -0.3 is 5.73 Å². The summed E-state index contributed by atoms with van der Waals surface area (Å²) in [5.74, 6) is 0. The Morgan fingerprint density at radius 3 is 2.44 bits per heavy atom. The molecule has 0 aliphatic carbocycles. The summed E-state index contributed by atoms with van der Waals surface area (Å²) in [7, 11) is 0. The Hall–Kier alpha value is -0.830. The van der Waals surface area contributed by atoms with Crippen molar-refractivity contribution in [3.05, 3.63) is 46.3 Å². The number of rotatable bonds is 2. The molecular weight excluding hydrogens is 238 g/mol. The number of aryl methyl sites for hydroxylation is 2. The normalized spacial score (nSPS) is 9.94. The molecule has 2 aromatic rings. The van der Waals surface area contributed by atoms with Crippen LogP contribution in [0.4, 0.5) is 0 Å². The molecule has 0 amide bonds. The van der Waals surface area contributed by atoms with Crippen LogP contribution in [-0.2, 0) is 6.54 Å². The molecule has 3 heteroatoms. The quantitative estimate of drug-likeness (QED) is 0.863. The molecule has 0 unspecified atom stereocenters. The molecule has 1 nitrogen and oxygen atoms in total. The van der Waals surface area contributed by atoms with Crippen LogP contribution in [0.1, 0.15) is 16.0 Å². The van der Waals surface area contributed by atoms with Crippen molar-refractivity contribution in [2.24, 2.45) is 5.73 Å². The van der Waals surface area contributed by atoms with Crippen molar-refractivity contribution >= 4 is 23.7 Å². The predicted octanol–water partition coefficient (Wildman–Crippen LogP) is 3.91. The Morgan fingerprint density at radius 2 is 1.88 bits per heavy atom. The molecule has 2 N–H and O–H groups in total. The summed E-state index contributed by atoms with van der Waals surface area (Å²) in [4.78, 5) is 2.68. The summed E-state index contributed by atoms with van der Waals surface area (Å²) in [6, 6.07) is 10.8. The Kier molecular flexibility index (Phi) is 4.54. The summed E-state index contributed by atoms with van der Waals surface area (Å²) < 4.78 is 0. The Bertz CT molecular complexity index is 477. The molecule has 0 fully saturated rings. The lowest BCUT2D eigenvalue weighted by Gasteiger charge is -2.05. The highest BCUT2D eigenvalue weighted by Crippen LogP contribution is 2.30. The maximum atomic E-state index is 5.66. The molecule has 0 aliphatic heterocycles. The van der Waals surface area contributed by atoms with Gasteiger partial charge in [0.05, 0.1) is 0 Å². The summed E-state index contributed by atoms with van der Waals surface area (Å²) >= 11 is 1.83. The smallest absolute Gasteiger partial charge is 0.0348 e. The van der Waals surface area contributed by atoms with Crippen LogP contribution in [0.15, 0.2) is 30.3 Å². The van der Waals surface area contributed by atoms with Gasteiger partial charge in [-0.25, -0.2) is 0 Å². The number of hydrogen-bond acceptors (Lipinski definition) is 2. The van der Waals surface area contributed by atoms with Crippen LogP contribution in [0, 0.1) is 13.8 Å². The maximum Gasteiger partial charge on any atom is 0.0348 e. The van der Waals surface area contributed by atoms with Crippen LogP contribution in [0.3, 0.4) is 0 Å². The van der Waals surface area contributed by atoms with Crippen LogP contribution >= 0.6 is 23.7 Å². The van der Waals surface area contributed by atoms with Crippen LogP contribution < -0.4 is 5.73 Å². The van der Waals surface area contributed by atoms with Gasteiger partial charge in [0, 0.05) is 16.3 Å². The average Bonchev–Trinajstić information content (AvgIpc) is 2.65. The van der Waals surface area contributed by atoms with E-state index in [1.165, 1.54) is 26.4 Å². The zero-order valence-corrected chi connectivity index (χ0v) is 11.1. The first-order chi connectivity index (χ1) is 7.20. The van der Waals surface area contributed by atoms with Gasteiger partial charge >= 0.3 is 0 Å². The molecule has 0 saturated carbocycles. The third kappa shape index (κ3) is 2.64. The summed E-state index contributed by atoms with van der Waals surface area (Å²) in [6.07, 6.45) is 0. The number of halogens is 1. The first kappa shape index (κ1) is 13.2. The SMILES string of the molecule is Cc1ccc(-c2cc(CN)ccc2C)s1.Cl. The zero-order chi connectivity index (χ0) is 10.8. The molecule has 1 aromatic carbocycles. The van der Waals surface area contributed by atoms with Crippen molar-refractivity contribution in [2.75, 3.05) is 0 Å². The molecule has 0 atom stereocenters. The fourth-order valence-corrected chi connectivity index (χ4v) is 2.59. The Morgan fingerprint density at radius 1 is 1.12 bits per heavy atom. The highest BCUT2D eigenvalue weighted by atomic mass is 35.5. The van der Waals surface area contributed by atoms with Gasteiger partial charge in [-0.1, -0.05) is 12.1 Å². The van der Waals surface area contributed by atoms with E-state index in [0.717, 1.165) is 0 Å². The van der Waals surface area contributed by atoms with Crippen molar-refractivity contribution in [3.8, 4) is 10.4 Å². The van der Waals surface area contributed by atoms with Gasteiger partial charge in [-0.3, -0.25) is 0 Å². The second-order valence-electron chi connectivity index (χ2n) is 3.76. The summed E-state index contributed by atoms with van der Waals surface area (Å²) in [5.41, 5.74) is 9.48. The van der Waals surface area contributed by atoms with E-state index in [1.54, 1.807) is 0 Å². The van der Waals surface area contributed by atoms with E-state index in [-0.39, 0.29) is 12.4 Å². The lowest BCUT2D eigenvalue weighted by atomic mass is 10.0. The first-order valence-corrected chi connectivity index (χ1v) is 5.89. The number of thiophene rings is 1. The lowest BCUT2D eigenvalue weighted by Crippen LogP contribution is -1.96. The van der Waals surface area contributed by atoms with Gasteiger partial charge in [-0.05, 0) is 48.7 Å². The van der Waals surface area contributed by atoms with E-state index in [1.807, 2.05) is 11.3 Å².